The third-order valence-electron chi connectivity index (χ3n) is 4.38. The van der Waals surface area contributed by atoms with Crippen LogP contribution in [0, 0.1) is 17.2 Å². The van der Waals surface area contributed by atoms with E-state index in [0.29, 0.717) is 18.5 Å². The van der Waals surface area contributed by atoms with Crippen LogP contribution in [-0.2, 0) is 4.79 Å². The van der Waals surface area contributed by atoms with Crippen LogP contribution in [0.3, 0.4) is 0 Å². The van der Waals surface area contributed by atoms with E-state index < -0.39 is 5.97 Å². The topological polar surface area (TPSA) is 96.7 Å². The van der Waals surface area contributed by atoms with Crippen molar-refractivity contribution in [3.63, 3.8) is 0 Å². The lowest BCUT2D eigenvalue weighted by Gasteiger charge is -2.36. The molecule has 1 aliphatic rings. The number of piperazine rings is 1. The molecule has 0 atom stereocenters. The zero-order valence-corrected chi connectivity index (χ0v) is 15.4. The Labute approximate surface area is 154 Å². The summed E-state index contributed by atoms with van der Waals surface area (Å²) in [6.07, 6.45) is 0.874. The predicted octanol–water partition coefficient (Wildman–Crippen LogP) is 2.41. The molecule has 1 amide bonds. The third kappa shape index (κ3) is 5.46. The second-order valence-corrected chi connectivity index (χ2v) is 6.92. The first kappa shape index (κ1) is 19.7. The number of nitriles is 1. The molecule has 2 N–H and O–H groups in total. The minimum atomic E-state index is -1.06. The highest BCUT2D eigenvalue weighted by Gasteiger charge is 2.20. The van der Waals surface area contributed by atoms with Crippen LogP contribution in [0.5, 0.6) is 0 Å². The second-order valence-electron chi connectivity index (χ2n) is 6.92. The zero-order valence-electron chi connectivity index (χ0n) is 15.4. The van der Waals surface area contributed by atoms with Gasteiger partial charge in [-0.05, 0) is 24.1 Å². The van der Waals surface area contributed by atoms with Crippen LogP contribution in [0.4, 0.5) is 11.4 Å². The van der Waals surface area contributed by atoms with Crippen molar-refractivity contribution in [2.75, 3.05) is 42.9 Å². The molecule has 140 valence electrons. The largest absolute Gasteiger partial charge is 0.478 e. The van der Waals surface area contributed by atoms with Gasteiger partial charge in [-0.1, -0.05) is 13.8 Å². The van der Waals surface area contributed by atoms with Crippen molar-refractivity contribution < 1.29 is 14.7 Å². The molecule has 1 heterocycles. The molecule has 1 aliphatic heterocycles. The maximum Gasteiger partial charge on any atom is 0.337 e. The molecule has 0 aliphatic carbocycles. The zero-order chi connectivity index (χ0) is 19.1. The Balaban J connectivity index is 2.07. The fourth-order valence-corrected chi connectivity index (χ4v) is 3.02. The number of amides is 1. The molecule has 1 saturated heterocycles. The van der Waals surface area contributed by atoms with Crippen LogP contribution < -0.4 is 10.2 Å². The number of nitrogens with zero attached hydrogens (tertiary/aromatic N) is 3. The number of benzene rings is 1. The lowest BCUT2D eigenvalue weighted by molar-refractivity contribution is -0.116. The highest BCUT2D eigenvalue weighted by Crippen LogP contribution is 2.25. The second kappa shape index (κ2) is 9.20. The number of carboxylic acid groups (broad SMARTS) is 1. The molecule has 7 heteroatoms. The van der Waals surface area contributed by atoms with Gasteiger partial charge in [0.1, 0.15) is 0 Å². The van der Waals surface area contributed by atoms with Gasteiger partial charge in [0.2, 0.25) is 5.91 Å². The van der Waals surface area contributed by atoms with E-state index in [1.807, 2.05) is 19.9 Å². The first-order chi connectivity index (χ1) is 12.4. The predicted molar refractivity (Wildman–Crippen MR) is 100 cm³/mol. The fraction of sp³-hybridized carbons (Fsp3) is 0.526. The van der Waals surface area contributed by atoms with Crippen LogP contribution in [0.1, 0.15) is 37.0 Å². The van der Waals surface area contributed by atoms with E-state index in [1.54, 1.807) is 12.1 Å². The van der Waals surface area contributed by atoms with Gasteiger partial charge < -0.3 is 15.3 Å². The monoisotopic (exact) mass is 358 g/mol. The molecule has 0 saturated carbocycles. The highest BCUT2D eigenvalue weighted by molar-refractivity contribution is 6.01. The van der Waals surface area contributed by atoms with Crippen molar-refractivity contribution >= 4 is 23.3 Å². The lowest BCUT2D eigenvalue weighted by Crippen LogP contribution is -2.46. The molecule has 2 rings (SSSR count). The SMILES string of the molecule is CC(C)CC(=O)Nc1ccc(N2CCN(CCC#N)CC2)cc1C(=O)O. The maximum absolute atomic E-state index is 12.0. The standard InChI is InChI=1S/C19H26N4O3/c1-14(2)12-18(24)21-17-5-4-15(13-16(17)19(25)26)23-10-8-22(9-11-23)7-3-6-20/h4-5,13-14H,3,7-12H2,1-2H3,(H,21,24)(H,25,26). The summed E-state index contributed by atoms with van der Waals surface area (Å²) in [6.45, 7) is 7.90. The number of nitrogens with one attached hydrogen (secondary N) is 1. The summed E-state index contributed by atoms with van der Waals surface area (Å²) in [4.78, 5) is 28.0. The third-order valence-corrected chi connectivity index (χ3v) is 4.38. The molecule has 0 aromatic heterocycles. The fourth-order valence-electron chi connectivity index (χ4n) is 3.02. The molecular weight excluding hydrogens is 332 g/mol. The first-order valence-electron chi connectivity index (χ1n) is 8.92. The number of hydrogen-bond acceptors (Lipinski definition) is 5. The van der Waals surface area contributed by atoms with Crippen molar-refractivity contribution in [2.24, 2.45) is 5.92 Å². The molecule has 1 fully saturated rings. The van der Waals surface area contributed by atoms with Crippen molar-refractivity contribution in [3.05, 3.63) is 23.8 Å². The van der Waals surface area contributed by atoms with Gasteiger partial charge in [0.15, 0.2) is 0 Å². The van der Waals surface area contributed by atoms with Crippen LogP contribution >= 0.6 is 0 Å². The van der Waals surface area contributed by atoms with Gasteiger partial charge in [-0.15, -0.1) is 0 Å². The van der Waals surface area contributed by atoms with E-state index >= 15 is 0 Å². The summed E-state index contributed by atoms with van der Waals surface area (Å²) in [6, 6.07) is 7.29. The van der Waals surface area contributed by atoms with Gasteiger partial charge in [0.05, 0.1) is 17.3 Å². The number of carbonyl (C=O) groups excluding carboxylic acids is 1. The molecule has 0 spiro atoms. The Morgan fingerprint density at radius 3 is 2.54 bits per heavy atom. The average Bonchev–Trinajstić information content (AvgIpc) is 2.60. The quantitative estimate of drug-likeness (QED) is 0.777. The molecule has 0 bridgehead atoms. The number of hydrogen-bond donors (Lipinski definition) is 2. The van der Waals surface area contributed by atoms with Crippen LogP contribution in [-0.4, -0.2) is 54.6 Å². The van der Waals surface area contributed by atoms with Gasteiger partial charge in [0.25, 0.3) is 0 Å². The van der Waals surface area contributed by atoms with Crippen LogP contribution in [0.2, 0.25) is 0 Å². The Morgan fingerprint density at radius 2 is 1.96 bits per heavy atom. The summed E-state index contributed by atoms with van der Waals surface area (Å²) in [5, 5.41) is 20.9. The summed E-state index contributed by atoms with van der Waals surface area (Å²) in [5.74, 6) is -1.03. The molecule has 0 radical (unpaired) electrons. The van der Waals surface area contributed by atoms with E-state index in [1.165, 1.54) is 0 Å². The molecule has 26 heavy (non-hydrogen) atoms. The number of rotatable bonds is 7. The van der Waals surface area contributed by atoms with Crippen LogP contribution in [0.25, 0.3) is 0 Å². The molecule has 0 unspecified atom stereocenters. The van der Waals surface area contributed by atoms with E-state index in [-0.39, 0.29) is 17.4 Å². The maximum atomic E-state index is 12.0. The first-order valence-corrected chi connectivity index (χ1v) is 8.92. The molecule has 1 aromatic carbocycles. The van der Waals surface area contributed by atoms with E-state index in [9.17, 15) is 14.7 Å². The molecular formula is C19H26N4O3. The van der Waals surface area contributed by atoms with Crippen molar-refractivity contribution in [3.8, 4) is 6.07 Å². The molecule has 1 aromatic rings. The van der Waals surface area contributed by atoms with Crippen molar-refractivity contribution in [2.45, 2.75) is 26.7 Å². The van der Waals surface area contributed by atoms with Crippen molar-refractivity contribution in [1.29, 1.82) is 5.26 Å². The van der Waals surface area contributed by atoms with E-state index in [2.05, 4.69) is 21.2 Å². The Morgan fingerprint density at radius 1 is 1.27 bits per heavy atom. The Kier molecular flexibility index (Phi) is 6.98. The van der Waals surface area contributed by atoms with Gasteiger partial charge >= 0.3 is 5.97 Å². The summed E-state index contributed by atoms with van der Waals surface area (Å²) >= 11 is 0. The van der Waals surface area contributed by atoms with Crippen LogP contribution in [0.15, 0.2) is 18.2 Å². The number of aromatic carboxylic acids is 1. The summed E-state index contributed by atoms with van der Waals surface area (Å²) in [7, 11) is 0. The average molecular weight is 358 g/mol. The highest BCUT2D eigenvalue weighted by atomic mass is 16.4. The van der Waals surface area contributed by atoms with Gasteiger partial charge in [0, 0.05) is 51.3 Å². The van der Waals surface area contributed by atoms with Gasteiger partial charge in [-0.3, -0.25) is 9.69 Å². The number of carbonyl (C=O) groups is 2. The number of anilines is 2. The Hall–Kier alpha value is -2.59. The van der Waals surface area contributed by atoms with Gasteiger partial charge in [-0.25, -0.2) is 4.79 Å². The summed E-state index contributed by atoms with van der Waals surface area (Å²) < 4.78 is 0. The lowest BCUT2D eigenvalue weighted by atomic mass is 10.1. The van der Waals surface area contributed by atoms with Gasteiger partial charge in [-0.2, -0.15) is 5.26 Å². The smallest absolute Gasteiger partial charge is 0.337 e. The minimum Gasteiger partial charge on any atom is -0.478 e. The molecule has 7 nitrogen and oxygen atoms in total. The normalized spacial score (nSPS) is 14.9. The summed E-state index contributed by atoms with van der Waals surface area (Å²) in [5.41, 5.74) is 1.27. The Bertz CT molecular complexity index is 689. The van der Waals surface area contributed by atoms with E-state index in [0.717, 1.165) is 38.4 Å². The minimum absolute atomic E-state index is 0.103. The number of carboxylic acids is 1. The van der Waals surface area contributed by atoms with E-state index in [4.69, 9.17) is 5.26 Å². The van der Waals surface area contributed by atoms with Crippen molar-refractivity contribution in [1.82, 2.24) is 4.90 Å².